The maximum absolute atomic E-state index is 12.1. The minimum absolute atomic E-state index is 0. The van der Waals surface area contributed by atoms with Crippen molar-refractivity contribution in [1.82, 2.24) is 20.0 Å². The molecule has 1 amide bonds. The van der Waals surface area contributed by atoms with Crippen LogP contribution in [0.1, 0.15) is 25.6 Å². The third-order valence-corrected chi connectivity index (χ3v) is 5.52. The number of hydrogen-bond donors (Lipinski definition) is 1. The van der Waals surface area contributed by atoms with E-state index in [4.69, 9.17) is 4.74 Å². The molecule has 1 N–H and O–H groups in total. The van der Waals surface area contributed by atoms with Crippen molar-refractivity contribution in [3.63, 3.8) is 0 Å². The Bertz CT molecular complexity index is 625. The lowest BCUT2D eigenvalue weighted by atomic mass is 10.2. The minimum atomic E-state index is -0.441. The summed E-state index contributed by atoms with van der Waals surface area (Å²) in [4.78, 5) is 24.2. The number of carbonyl (C=O) groups excluding carboxylic acids is 1. The number of nitrogens with one attached hydrogen (secondary N) is 1. The van der Waals surface area contributed by atoms with Crippen LogP contribution in [0.4, 0.5) is 4.79 Å². The highest BCUT2D eigenvalue weighted by Crippen LogP contribution is 2.12. The molecule has 2 heterocycles. The lowest BCUT2D eigenvalue weighted by molar-refractivity contribution is 0.0147. The molecule has 1 aromatic rings. The van der Waals surface area contributed by atoms with E-state index in [2.05, 4.69) is 44.7 Å². The maximum Gasteiger partial charge on any atom is 0.410 e. The fraction of sp³-hybridized carbons (Fsp3) is 0.700. The van der Waals surface area contributed by atoms with Gasteiger partial charge in [0.25, 0.3) is 0 Å². The summed E-state index contributed by atoms with van der Waals surface area (Å²) in [7, 11) is 3.89. The van der Waals surface area contributed by atoms with Crippen LogP contribution in [0, 0.1) is 0 Å². The number of guanidine groups is 1. The highest BCUT2D eigenvalue weighted by molar-refractivity contribution is 14.0. The molecule has 7 nitrogen and oxygen atoms in total. The third kappa shape index (κ3) is 9.52. The molecule has 0 bridgehead atoms. The van der Waals surface area contributed by atoms with E-state index in [0.29, 0.717) is 13.1 Å². The van der Waals surface area contributed by atoms with Crippen LogP contribution < -0.4 is 5.32 Å². The highest BCUT2D eigenvalue weighted by Gasteiger charge is 2.25. The Morgan fingerprint density at radius 1 is 1.31 bits per heavy atom. The smallest absolute Gasteiger partial charge is 0.410 e. The van der Waals surface area contributed by atoms with Gasteiger partial charge >= 0.3 is 6.09 Å². The van der Waals surface area contributed by atoms with Gasteiger partial charge in [-0.2, -0.15) is 0 Å². The average Bonchev–Trinajstić information content (AvgIpc) is 3.16. The summed E-state index contributed by atoms with van der Waals surface area (Å²) < 4.78 is 5.45. The van der Waals surface area contributed by atoms with Crippen LogP contribution in [0.15, 0.2) is 22.5 Å². The van der Waals surface area contributed by atoms with Gasteiger partial charge in [0.05, 0.1) is 0 Å². The quantitative estimate of drug-likeness (QED) is 0.344. The van der Waals surface area contributed by atoms with E-state index in [0.717, 1.165) is 45.1 Å². The first-order chi connectivity index (χ1) is 13.3. The van der Waals surface area contributed by atoms with Crippen molar-refractivity contribution in [3.05, 3.63) is 22.4 Å². The maximum atomic E-state index is 12.1. The molecule has 1 fully saturated rings. The van der Waals surface area contributed by atoms with Crippen LogP contribution in [0.3, 0.4) is 0 Å². The number of piperazine rings is 1. The molecular formula is C20H36IN5O2S. The SMILES string of the molecule is CN=C(NCCN1CCN(C(=O)OC(C)(C)C)CC1)N(C)CCc1cccs1.I. The fourth-order valence-corrected chi connectivity index (χ4v) is 3.73. The Morgan fingerprint density at radius 2 is 2.00 bits per heavy atom. The number of ether oxygens (including phenoxy) is 1. The molecule has 1 saturated heterocycles. The molecule has 0 unspecified atom stereocenters. The zero-order valence-corrected chi connectivity index (χ0v) is 21.5. The second-order valence-corrected chi connectivity index (χ2v) is 9.07. The number of carbonyl (C=O) groups is 1. The molecule has 0 aliphatic carbocycles. The van der Waals surface area contributed by atoms with Gasteiger partial charge in [-0.15, -0.1) is 35.3 Å². The molecular weight excluding hydrogens is 501 g/mol. The predicted octanol–water partition coefficient (Wildman–Crippen LogP) is 2.97. The van der Waals surface area contributed by atoms with E-state index in [-0.39, 0.29) is 30.1 Å². The number of thiophene rings is 1. The van der Waals surface area contributed by atoms with Gasteiger partial charge in [-0.1, -0.05) is 6.07 Å². The first-order valence-corrected chi connectivity index (χ1v) is 10.8. The number of likely N-dealkylation sites (N-methyl/N-ethyl adjacent to an activating group) is 1. The van der Waals surface area contributed by atoms with Gasteiger partial charge in [0, 0.05) is 64.8 Å². The van der Waals surface area contributed by atoms with E-state index in [1.54, 1.807) is 16.2 Å². The summed E-state index contributed by atoms with van der Waals surface area (Å²) >= 11 is 1.80. The topological polar surface area (TPSA) is 60.4 Å². The average molecular weight is 538 g/mol. The zero-order valence-electron chi connectivity index (χ0n) is 18.3. The first-order valence-electron chi connectivity index (χ1n) is 9.93. The van der Waals surface area contributed by atoms with Crippen LogP contribution in [0.2, 0.25) is 0 Å². The summed E-state index contributed by atoms with van der Waals surface area (Å²) in [5.41, 5.74) is -0.441. The number of rotatable bonds is 6. The summed E-state index contributed by atoms with van der Waals surface area (Å²) in [5, 5.41) is 5.56. The molecule has 29 heavy (non-hydrogen) atoms. The molecule has 0 atom stereocenters. The lowest BCUT2D eigenvalue weighted by Gasteiger charge is -2.35. The molecule has 1 aliphatic heterocycles. The summed E-state index contributed by atoms with van der Waals surface area (Å²) in [5.74, 6) is 0.920. The standard InChI is InChI=1S/C20H35N5O2S.HI/c1-20(2,3)27-19(26)25-14-12-24(13-15-25)11-9-22-18(21-4)23(5)10-8-17-7-6-16-28-17;/h6-7,16H,8-15H2,1-5H3,(H,21,22);1H. The number of aliphatic imine (C=N–C) groups is 1. The normalized spacial score (nSPS) is 15.6. The van der Waals surface area contributed by atoms with Crippen LogP contribution in [-0.4, -0.2) is 92.3 Å². The van der Waals surface area contributed by atoms with Crippen LogP contribution >= 0.6 is 35.3 Å². The number of hydrogen-bond acceptors (Lipinski definition) is 5. The number of halogens is 1. The molecule has 1 aromatic heterocycles. The molecule has 0 radical (unpaired) electrons. The van der Waals surface area contributed by atoms with Crippen LogP contribution in [-0.2, 0) is 11.2 Å². The Morgan fingerprint density at radius 3 is 2.55 bits per heavy atom. The van der Waals surface area contributed by atoms with Gasteiger partial charge in [-0.3, -0.25) is 9.89 Å². The number of nitrogens with zero attached hydrogens (tertiary/aromatic N) is 4. The van der Waals surface area contributed by atoms with Crippen molar-refractivity contribution in [1.29, 1.82) is 0 Å². The lowest BCUT2D eigenvalue weighted by Crippen LogP contribution is -2.51. The molecule has 0 saturated carbocycles. The fourth-order valence-electron chi connectivity index (χ4n) is 3.03. The first kappa shape index (κ1) is 26.0. The van der Waals surface area contributed by atoms with Gasteiger partial charge in [0.1, 0.15) is 5.60 Å². The largest absolute Gasteiger partial charge is 0.444 e. The minimum Gasteiger partial charge on any atom is -0.444 e. The molecule has 1 aliphatic rings. The van der Waals surface area contributed by atoms with Gasteiger partial charge < -0.3 is 19.9 Å². The highest BCUT2D eigenvalue weighted by atomic mass is 127. The van der Waals surface area contributed by atoms with Gasteiger partial charge in [0.15, 0.2) is 5.96 Å². The van der Waals surface area contributed by atoms with Crippen molar-refractivity contribution in [3.8, 4) is 0 Å². The summed E-state index contributed by atoms with van der Waals surface area (Å²) in [6, 6.07) is 4.27. The van der Waals surface area contributed by atoms with Crippen molar-refractivity contribution in [2.45, 2.75) is 32.8 Å². The Hall–Kier alpha value is -1.07. The monoisotopic (exact) mass is 537 g/mol. The van der Waals surface area contributed by atoms with Crippen molar-refractivity contribution >= 4 is 47.4 Å². The molecule has 2 rings (SSSR count). The van der Waals surface area contributed by atoms with E-state index in [1.165, 1.54) is 4.88 Å². The van der Waals surface area contributed by atoms with E-state index >= 15 is 0 Å². The Kier molecular flexibility index (Phi) is 11.3. The van der Waals surface area contributed by atoms with Crippen LogP contribution in [0.5, 0.6) is 0 Å². The second-order valence-electron chi connectivity index (χ2n) is 8.03. The molecule has 0 aromatic carbocycles. The third-order valence-electron chi connectivity index (χ3n) is 4.58. The van der Waals surface area contributed by atoms with Crippen molar-refractivity contribution < 1.29 is 9.53 Å². The van der Waals surface area contributed by atoms with Gasteiger partial charge in [-0.25, -0.2) is 4.79 Å². The summed E-state index contributed by atoms with van der Waals surface area (Å²) in [6.07, 6.45) is 0.819. The molecule has 0 spiro atoms. The molecule has 166 valence electrons. The van der Waals surface area contributed by atoms with Crippen molar-refractivity contribution in [2.24, 2.45) is 4.99 Å². The van der Waals surface area contributed by atoms with E-state index in [9.17, 15) is 4.79 Å². The van der Waals surface area contributed by atoms with Crippen LogP contribution in [0.25, 0.3) is 0 Å². The Balaban J connectivity index is 0.00000420. The molecule has 9 heteroatoms. The number of amides is 1. The van der Waals surface area contributed by atoms with Crippen molar-refractivity contribution in [2.75, 3.05) is 59.9 Å². The van der Waals surface area contributed by atoms with E-state index < -0.39 is 5.60 Å². The zero-order chi connectivity index (χ0) is 20.6. The van der Waals surface area contributed by atoms with E-state index in [1.807, 2.05) is 27.8 Å². The Labute approximate surface area is 196 Å². The van der Waals surface area contributed by atoms with Gasteiger partial charge in [-0.05, 0) is 38.6 Å². The van der Waals surface area contributed by atoms with Gasteiger partial charge in [0.2, 0.25) is 0 Å². The predicted molar refractivity (Wildman–Crippen MR) is 132 cm³/mol. The summed E-state index contributed by atoms with van der Waals surface area (Å²) in [6.45, 7) is 11.6. The second kappa shape index (κ2) is 12.6.